The van der Waals surface area contributed by atoms with Crippen molar-refractivity contribution in [1.29, 1.82) is 5.26 Å². The van der Waals surface area contributed by atoms with Crippen molar-refractivity contribution >= 4 is 0 Å². The molecule has 0 radical (unpaired) electrons. The summed E-state index contributed by atoms with van der Waals surface area (Å²) in [5.41, 5.74) is 0. The van der Waals surface area contributed by atoms with Gasteiger partial charge in [0.15, 0.2) is 0 Å². The summed E-state index contributed by atoms with van der Waals surface area (Å²) >= 11 is 0. The molecule has 6 heteroatoms. The van der Waals surface area contributed by atoms with Crippen LogP contribution in [0.15, 0.2) is 6.33 Å². The summed E-state index contributed by atoms with van der Waals surface area (Å²) in [6.07, 6.45) is 1.01. The number of aromatic nitrogens is 3. The Morgan fingerprint density at radius 1 is 1.62 bits per heavy atom. The molecule has 0 spiro atoms. The average molecular weight is 186 g/mol. The van der Waals surface area contributed by atoms with E-state index in [1.165, 1.54) is 0 Å². The van der Waals surface area contributed by atoms with Crippen LogP contribution >= 0.6 is 0 Å². The largest absolute Gasteiger partial charge is 0.390 e. The van der Waals surface area contributed by atoms with Crippen LogP contribution in [0.4, 0.5) is 8.78 Å². The average Bonchev–Trinajstić information content (AvgIpc) is 2.52. The Kier molecular flexibility index (Phi) is 2.28. The van der Waals surface area contributed by atoms with E-state index in [9.17, 15) is 8.78 Å². The maximum Gasteiger partial charge on any atom is 0.390 e. The summed E-state index contributed by atoms with van der Waals surface area (Å²) in [5.74, 6) is -4.18. The van der Waals surface area contributed by atoms with Crippen molar-refractivity contribution in [3.8, 4) is 6.07 Å². The summed E-state index contributed by atoms with van der Waals surface area (Å²) in [5, 5.41) is 11.8. The van der Waals surface area contributed by atoms with Crippen LogP contribution in [0.1, 0.15) is 25.7 Å². The Labute approximate surface area is 73.8 Å². The second-order valence-corrected chi connectivity index (χ2v) is 2.81. The summed E-state index contributed by atoms with van der Waals surface area (Å²) in [6.45, 7) is 3.37. The third kappa shape index (κ3) is 1.64. The van der Waals surface area contributed by atoms with E-state index in [0.717, 1.165) is 17.1 Å². The molecule has 0 amide bonds. The van der Waals surface area contributed by atoms with Crippen LogP contribution in [0.3, 0.4) is 0 Å². The van der Waals surface area contributed by atoms with Gasteiger partial charge < -0.3 is 0 Å². The monoisotopic (exact) mass is 186 g/mol. The Morgan fingerprint density at radius 3 is 2.69 bits per heavy atom. The summed E-state index contributed by atoms with van der Waals surface area (Å²) in [7, 11) is 0. The standard InChI is InChI=1S/C7H8F2N4/c1-5(2)13-6(11-4-12-13)7(8,9)3-10/h4-5H,1-2H3. The third-order valence-corrected chi connectivity index (χ3v) is 1.48. The van der Waals surface area contributed by atoms with E-state index < -0.39 is 11.7 Å². The van der Waals surface area contributed by atoms with Crippen LogP contribution < -0.4 is 0 Å². The van der Waals surface area contributed by atoms with Crippen molar-refractivity contribution in [3.63, 3.8) is 0 Å². The van der Waals surface area contributed by atoms with Gasteiger partial charge in [-0.3, -0.25) is 0 Å². The molecule has 13 heavy (non-hydrogen) atoms. The maximum atomic E-state index is 12.9. The molecule has 1 aromatic heterocycles. The molecule has 1 heterocycles. The van der Waals surface area contributed by atoms with Crippen LogP contribution in [0.2, 0.25) is 0 Å². The zero-order chi connectivity index (χ0) is 10.1. The molecule has 0 saturated heterocycles. The molecule has 0 aliphatic rings. The molecule has 0 aromatic carbocycles. The van der Waals surface area contributed by atoms with E-state index in [4.69, 9.17) is 5.26 Å². The van der Waals surface area contributed by atoms with E-state index in [-0.39, 0.29) is 6.04 Å². The molecule has 0 unspecified atom stereocenters. The SMILES string of the molecule is CC(C)n1ncnc1C(F)(F)C#N. The first-order valence-corrected chi connectivity index (χ1v) is 3.68. The first-order chi connectivity index (χ1) is 5.99. The highest BCUT2D eigenvalue weighted by Gasteiger charge is 2.37. The molecule has 0 fully saturated rings. The van der Waals surface area contributed by atoms with Gasteiger partial charge in [-0.1, -0.05) is 0 Å². The molecule has 70 valence electrons. The van der Waals surface area contributed by atoms with Crippen molar-refractivity contribution < 1.29 is 8.78 Å². The smallest absolute Gasteiger partial charge is 0.241 e. The molecule has 0 aliphatic carbocycles. The lowest BCUT2D eigenvalue weighted by molar-refractivity contribution is 0.0443. The molecular weight excluding hydrogens is 178 g/mol. The third-order valence-electron chi connectivity index (χ3n) is 1.48. The fraction of sp³-hybridized carbons (Fsp3) is 0.571. The number of alkyl halides is 2. The van der Waals surface area contributed by atoms with Crippen LogP contribution in [-0.4, -0.2) is 14.8 Å². The molecule has 0 bridgehead atoms. The lowest BCUT2D eigenvalue weighted by Crippen LogP contribution is -2.20. The quantitative estimate of drug-likeness (QED) is 0.702. The maximum absolute atomic E-state index is 12.9. The topological polar surface area (TPSA) is 54.5 Å². The molecule has 0 atom stereocenters. The van der Waals surface area contributed by atoms with Gasteiger partial charge in [-0.2, -0.15) is 19.1 Å². The van der Waals surface area contributed by atoms with Crippen molar-refractivity contribution in [2.24, 2.45) is 0 Å². The van der Waals surface area contributed by atoms with Crippen molar-refractivity contribution in [2.75, 3.05) is 0 Å². The summed E-state index contributed by atoms with van der Waals surface area (Å²) < 4.78 is 26.7. The number of nitrogens with zero attached hydrogens (tertiary/aromatic N) is 4. The Hall–Kier alpha value is -1.51. The van der Waals surface area contributed by atoms with Gasteiger partial charge in [-0.25, -0.2) is 9.67 Å². The molecule has 0 N–H and O–H groups in total. The van der Waals surface area contributed by atoms with Gasteiger partial charge in [0.2, 0.25) is 5.82 Å². The number of halogens is 2. The number of hydrogen-bond donors (Lipinski definition) is 0. The first-order valence-electron chi connectivity index (χ1n) is 3.68. The number of hydrogen-bond acceptors (Lipinski definition) is 3. The summed E-state index contributed by atoms with van der Waals surface area (Å²) in [6, 6.07) is 0.643. The minimum atomic E-state index is -3.57. The number of nitriles is 1. The Balaban J connectivity index is 3.16. The van der Waals surface area contributed by atoms with Crippen molar-refractivity contribution in [3.05, 3.63) is 12.2 Å². The molecule has 1 rings (SSSR count). The van der Waals surface area contributed by atoms with Crippen LogP contribution in [-0.2, 0) is 5.92 Å². The van der Waals surface area contributed by atoms with E-state index in [2.05, 4.69) is 10.1 Å². The van der Waals surface area contributed by atoms with Crippen LogP contribution in [0.5, 0.6) is 0 Å². The lowest BCUT2D eigenvalue weighted by Gasteiger charge is -2.11. The van der Waals surface area contributed by atoms with Gasteiger partial charge in [0.25, 0.3) is 0 Å². The molecule has 1 aromatic rings. The lowest BCUT2D eigenvalue weighted by atomic mass is 10.3. The minimum Gasteiger partial charge on any atom is -0.241 e. The van der Waals surface area contributed by atoms with E-state index in [1.54, 1.807) is 13.8 Å². The zero-order valence-electron chi connectivity index (χ0n) is 7.20. The highest BCUT2D eigenvalue weighted by Crippen LogP contribution is 2.25. The first kappa shape index (κ1) is 9.58. The Morgan fingerprint density at radius 2 is 2.23 bits per heavy atom. The molecule has 4 nitrogen and oxygen atoms in total. The molecular formula is C7H8F2N4. The van der Waals surface area contributed by atoms with Crippen LogP contribution in [0.25, 0.3) is 0 Å². The van der Waals surface area contributed by atoms with Gasteiger partial charge in [-0.05, 0) is 13.8 Å². The second-order valence-electron chi connectivity index (χ2n) is 2.81. The molecule has 0 saturated carbocycles. The van der Waals surface area contributed by atoms with Gasteiger partial charge in [0, 0.05) is 6.04 Å². The highest BCUT2D eigenvalue weighted by atomic mass is 19.3. The Bertz CT molecular complexity index is 337. The predicted octanol–water partition coefficient (Wildman–Crippen LogP) is 1.47. The normalized spacial score (nSPS) is 11.7. The summed E-state index contributed by atoms with van der Waals surface area (Å²) in [4.78, 5) is 3.36. The van der Waals surface area contributed by atoms with E-state index in [1.807, 2.05) is 0 Å². The van der Waals surface area contributed by atoms with E-state index >= 15 is 0 Å². The fourth-order valence-electron chi connectivity index (χ4n) is 0.903. The minimum absolute atomic E-state index is 0.239. The predicted molar refractivity (Wildman–Crippen MR) is 39.9 cm³/mol. The van der Waals surface area contributed by atoms with Crippen LogP contribution in [0, 0.1) is 11.3 Å². The molecule has 0 aliphatic heterocycles. The van der Waals surface area contributed by atoms with Gasteiger partial charge in [0.1, 0.15) is 12.4 Å². The van der Waals surface area contributed by atoms with E-state index in [0.29, 0.717) is 0 Å². The van der Waals surface area contributed by atoms with Crippen molar-refractivity contribution in [2.45, 2.75) is 25.8 Å². The zero-order valence-corrected chi connectivity index (χ0v) is 7.20. The number of rotatable bonds is 2. The van der Waals surface area contributed by atoms with Gasteiger partial charge in [0.05, 0.1) is 0 Å². The van der Waals surface area contributed by atoms with Gasteiger partial charge in [-0.15, -0.1) is 0 Å². The van der Waals surface area contributed by atoms with Crippen molar-refractivity contribution in [1.82, 2.24) is 14.8 Å². The second kappa shape index (κ2) is 3.09. The van der Waals surface area contributed by atoms with Gasteiger partial charge >= 0.3 is 5.92 Å². The highest BCUT2D eigenvalue weighted by molar-refractivity contribution is 5.08. The fourth-order valence-corrected chi connectivity index (χ4v) is 0.903.